The molecule has 2 aliphatic heterocycles. The van der Waals surface area contributed by atoms with Crippen molar-refractivity contribution >= 4 is 17.8 Å². The van der Waals surface area contributed by atoms with E-state index in [1.165, 1.54) is 38.3 Å². The van der Waals surface area contributed by atoms with Crippen LogP contribution in [0.1, 0.15) is 27.8 Å². The molecule has 2 aromatic rings. The maximum atomic E-state index is 6.57. The first-order valence-electron chi connectivity index (χ1n) is 9.82. The van der Waals surface area contributed by atoms with Crippen LogP contribution in [0.25, 0.3) is 6.08 Å². The van der Waals surface area contributed by atoms with E-state index >= 15 is 0 Å². The predicted molar refractivity (Wildman–Crippen MR) is 115 cm³/mol. The quantitative estimate of drug-likeness (QED) is 0.829. The smallest absolute Gasteiger partial charge is 0.0811 e. The lowest BCUT2D eigenvalue weighted by molar-refractivity contribution is 0.243. The number of nitrogens with two attached hydrogens (primary N) is 1. The first-order valence-corrected chi connectivity index (χ1v) is 10.7. The average molecular weight is 375 g/mol. The maximum Gasteiger partial charge on any atom is 0.0811 e. The maximum absolute atomic E-state index is 6.57. The molecule has 0 fully saturated rings. The van der Waals surface area contributed by atoms with Crippen LogP contribution in [-0.2, 0) is 13.0 Å². The van der Waals surface area contributed by atoms with E-state index in [1.807, 2.05) is 11.8 Å². The summed E-state index contributed by atoms with van der Waals surface area (Å²) in [5, 5.41) is 0.0849. The first-order chi connectivity index (χ1) is 13.1. The molecule has 3 aliphatic rings. The summed E-state index contributed by atoms with van der Waals surface area (Å²) in [7, 11) is 0. The van der Waals surface area contributed by atoms with Gasteiger partial charge in [0.15, 0.2) is 0 Å². The molecule has 0 spiro atoms. The Bertz CT molecular complexity index is 958. The molecule has 3 heteroatoms. The van der Waals surface area contributed by atoms with Crippen LogP contribution in [0, 0.1) is 19.8 Å². The third-order valence-electron chi connectivity index (χ3n) is 6.22. The lowest BCUT2D eigenvalue weighted by atomic mass is 9.86. The Morgan fingerprint density at radius 2 is 1.89 bits per heavy atom. The molecule has 0 aromatic heterocycles. The first kappa shape index (κ1) is 17.3. The molecule has 0 radical (unpaired) electrons. The van der Waals surface area contributed by atoms with Gasteiger partial charge in [-0.15, -0.1) is 11.8 Å². The predicted octanol–water partition coefficient (Wildman–Crippen LogP) is 4.66. The zero-order chi connectivity index (χ0) is 18.5. The number of benzene rings is 2. The number of hydrogen-bond acceptors (Lipinski definition) is 3. The second-order valence-electron chi connectivity index (χ2n) is 8.17. The van der Waals surface area contributed by atoms with Crippen LogP contribution >= 0.6 is 11.8 Å². The van der Waals surface area contributed by atoms with Crippen molar-refractivity contribution in [2.75, 3.05) is 13.1 Å². The standard InChI is InChI=1S/C24H26N2S/c1-15-8-18-10-20-13-26(12-17-6-4-3-5-7-17)14-22-23(20)21(24(25)27-22)11-19(18)9-16(15)2/h3-9,11,20,24H,10,12-14,25H2,1-2H3. The van der Waals surface area contributed by atoms with E-state index in [1.54, 1.807) is 5.57 Å². The van der Waals surface area contributed by atoms with Crippen molar-refractivity contribution in [3.8, 4) is 0 Å². The Morgan fingerprint density at radius 1 is 1.11 bits per heavy atom. The molecular formula is C24H26N2S. The van der Waals surface area contributed by atoms with Crippen molar-refractivity contribution in [1.29, 1.82) is 0 Å². The van der Waals surface area contributed by atoms with Gasteiger partial charge in [-0.2, -0.15) is 0 Å². The van der Waals surface area contributed by atoms with Gasteiger partial charge in [0, 0.05) is 30.5 Å². The summed E-state index contributed by atoms with van der Waals surface area (Å²) >= 11 is 1.88. The van der Waals surface area contributed by atoms with Crippen molar-refractivity contribution in [2.24, 2.45) is 11.7 Å². The third kappa shape index (κ3) is 3.08. The molecule has 2 aromatic carbocycles. The minimum atomic E-state index is 0.0849. The minimum absolute atomic E-state index is 0.0849. The highest BCUT2D eigenvalue weighted by atomic mass is 32.2. The molecule has 2 heterocycles. The van der Waals surface area contributed by atoms with E-state index in [9.17, 15) is 0 Å². The Labute approximate surface area is 166 Å². The monoisotopic (exact) mass is 374 g/mol. The van der Waals surface area contributed by atoms with Crippen molar-refractivity contribution < 1.29 is 0 Å². The second kappa shape index (κ2) is 6.66. The van der Waals surface area contributed by atoms with E-state index in [-0.39, 0.29) is 5.37 Å². The zero-order valence-corrected chi connectivity index (χ0v) is 16.9. The number of nitrogens with zero attached hydrogens (tertiary/aromatic N) is 1. The minimum Gasteiger partial charge on any atom is -0.315 e. The fraction of sp³-hybridized carbons (Fsp3) is 0.333. The molecule has 2 nitrogen and oxygen atoms in total. The van der Waals surface area contributed by atoms with Gasteiger partial charge in [0.1, 0.15) is 0 Å². The Kier molecular flexibility index (Phi) is 4.27. The van der Waals surface area contributed by atoms with Crippen LogP contribution in [0.5, 0.6) is 0 Å². The third-order valence-corrected chi connectivity index (χ3v) is 7.36. The normalized spacial score (nSPS) is 24.3. The summed E-state index contributed by atoms with van der Waals surface area (Å²) in [6, 6.07) is 15.6. The van der Waals surface area contributed by atoms with Crippen molar-refractivity contribution in [2.45, 2.75) is 32.2 Å². The highest BCUT2D eigenvalue weighted by molar-refractivity contribution is 8.04. The lowest BCUT2D eigenvalue weighted by Gasteiger charge is -2.34. The van der Waals surface area contributed by atoms with Crippen molar-refractivity contribution in [3.63, 3.8) is 0 Å². The fourth-order valence-corrected chi connectivity index (χ4v) is 6.08. The largest absolute Gasteiger partial charge is 0.315 e. The molecule has 5 rings (SSSR count). The molecule has 27 heavy (non-hydrogen) atoms. The average Bonchev–Trinajstić information content (AvgIpc) is 2.85. The molecule has 138 valence electrons. The highest BCUT2D eigenvalue weighted by Gasteiger charge is 2.39. The SMILES string of the molecule is Cc1cc2c(cc1C)CC1CN(Cc3ccccc3)CC3=C1C(=C2)C(N)S3. The molecule has 0 bridgehead atoms. The molecule has 2 atom stereocenters. The Hall–Kier alpha value is -1.81. The van der Waals surface area contributed by atoms with E-state index in [2.05, 4.69) is 67.3 Å². The molecule has 0 saturated carbocycles. The van der Waals surface area contributed by atoms with Crippen LogP contribution in [-0.4, -0.2) is 23.4 Å². The summed E-state index contributed by atoms with van der Waals surface area (Å²) in [4.78, 5) is 4.11. The van der Waals surface area contributed by atoms with Crippen molar-refractivity contribution in [3.05, 3.63) is 86.3 Å². The van der Waals surface area contributed by atoms with Gasteiger partial charge in [-0.25, -0.2) is 0 Å². The van der Waals surface area contributed by atoms with Crippen LogP contribution in [0.4, 0.5) is 0 Å². The number of rotatable bonds is 2. The van der Waals surface area contributed by atoms with Gasteiger partial charge in [0.05, 0.1) is 5.37 Å². The van der Waals surface area contributed by atoms with Gasteiger partial charge < -0.3 is 5.73 Å². The summed E-state index contributed by atoms with van der Waals surface area (Å²) < 4.78 is 0. The molecule has 1 aliphatic carbocycles. The van der Waals surface area contributed by atoms with Gasteiger partial charge in [0.25, 0.3) is 0 Å². The topological polar surface area (TPSA) is 29.3 Å². The fourth-order valence-electron chi connectivity index (χ4n) is 4.78. The van der Waals surface area contributed by atoms with E-state index in [0.717, 1.165) is 26.1 Å². The van der Waals surface area contributed by atoms with Crippen LogP contribution in [0.2, 0.25) is 0 Å². The highest BCUT2D eigenvalue weighted by Crippen LogP contribution is 2.49. The van der Waals surface area contributed by atoms with E-state index in [0.29, 0.717) is 5.92 Å². The summed E-state index contributed by atoms with van der Waals surface area (Å²) in [6.07, 6.45) is 3.50. The molecule has 2 unspecified atom stereocenters. The van der Waals surface area contributed by atoms with Gasteiger partial charge in [-0.05, 0) is 65.3 Å². The van der Waals surface area contributed by atoms with Gasteiger partial charge in [0.2, 0.25) is 0 Å². The van der Waals surface area contributed by atoms with Crippen LogP contribution in [0.15, 0.2) is 58.5 Å². The summed E-state index contributed by atoms with van der Waals surface area (Å²) in [5.41, 5.74) is 16.5. The van der Waals surface area contributed by atoms with Crippen LogP contribution in [0.3, 0.4) is 0 Å². The molecular weight excluding hydrogens is 348 g/mol. The Morgan fingerprint density at radius 3 is 2.70 bits per heavy atom. The zero-order valence-electron chi connectivity index (χ0n) is 16.0. The molecule has 0 amide bonds. The van der Waals surface area contributed by atoms with E-state index < -0.39 is 0 Å². The molecule has 2 N–H and O–H groups in total. The van der Waals surface area contributed by atoms with Crippen molar-refractivity contribution in [1.82, 2.24) is 4.90 Å². The number of fused-ring (bicyclic) bond motifs is 1. The summed E-state index contributed by atoms with van der Waals surface area (Å²) in [5.74, 6) is 0.549. The number of thioether (sulfide) groups is 1. The molecule has 0 saturated heterocycles. The van der Waals surface area contributed by atoms with Gasteiger partial charge >= 0.3 is 0 Å². The van der Waals surface area contributed by atoms with E-state index in [4.69, 9.17) is 5.73 Å². The van der Waals surface area contributed by atoms with Gasteiger partial charge in [-0.1, -0.05) is 42.5 Å². The number of hydrogen-bond donors (Lipinski definition) is 1. The summed E-state index contributed by atoms with van der Waals surface area (Å²) in [6.45, 7) is 7.60. The van der Waals surface area contributed by atoms with Gasteiger partial charge in [-0.3, -0.25) is 4.90 Å². The lowest BCUT2D eigenvalue weighted by Crippen LogP contribution is -2.36. The Balaban J connectivity index is 1.52. The van der Waals surface area contributed by atoms with Crippen LogP contribution < -0.4 is 5.73 Å². The number of aryl methyl sites for hydroxylation is 2. The second-order valence-corrected chi connectivity index (χ2v) is 9.40.